The molecule has 0 aromatic heterocycles. The third-order valence-electron chi connectivity index (χ3n) is 4.52. The molecule has 1 aliphatic rings. The maximum absolute atomic E-state index is 12.6. The molecule has 2 N–H and O–H groups in total. The Morgan fingerprint density at radius 3 is 2.38 bits per heavy atom. The fourth-order valence-electron chi connectivity index (χ4n) is 3.08. The van der Waals surface area contributed by atoms with Crippen LogP contribution in [0, 0.1) is 0 Å². The maximum atomic E-state index is 12.6. The number of methoxy groups -OCH3 is 1. The van der Waals surface area contributed by atoms with Gasteiger partial charge in [0.05, 0.1) is 16.7 Å². The monoisotopic (exact) mass is 396 g/mol. The number of amides is 3. The second kappa shape index (κ2) is 8.66. The summed E-state index contributed by atoms with van der Waals surface area (Å²) >= 11 is 0. The van der Waals surface area contributed by atoms with Crippen molar-refractivity contribution in [3.05, 3.63) is 70.8 Å². The van der Waals surface area contributed by atoms with Gasteiger partial charge in [-0.15, -0.1) is 0 Å². The van der Waals surface area contributed by atoms with Crippen LogP contribution in [-0.2, 0) is 14.3 Å². The van der Waals surface area contributed by atoms with E-state index in [1.165, 1.54) is 25.3 Å². The lowest BCUT2D eigenvalue weighted by Crippen LogP contribution is -2.31. The standard InChI is InChI=1S/C21H20N2O6/c1-28-11-5-10-23-19(25)15-9-8-14(12-16(15)20(23)26)21(27)29-17(18(22)24)13-6-3-2-4-7-13/h2-4,6-9,12,17H,5,10-11H2,1H3,(H2,22,24)/t17-/m1/s1. The van der Waals surface area contributed by atoms with E-state index in [1.807, 2.05) is 0 Å². The van der Waals surface area contributed by atoms with E-state index in [4.69, 9.17) is 15.2 Å². The number of imide groups is 1. The van der Waals surface area contributed by atoms with E-state index in [0.717, 1.165) is 4.90 Å². The minimum atomic E-state index is -1.26. The van der Waals surface area contributed by atoms with Gasteiger partial charge in [-0.1, -0.05) is 30.3 Å². The Hall–Kier alpha value is -3.52. The number of hydrogen-bond acceptors (Lipinski definition) is 6. The number of carbonyl (C=O) groups excluding carboxylic acids is 4. The van der Waals surface area contributed by atoms with Gasteiger partial charge >= 0.3 is 5.97 Å². The number of primary amides is 1. The van der Waals surface area contributed by atoms with Gasteiger partial charge in [-0.25, -0.2) is 4.79 Å². The largest absolute Gasteiger partial charge is 0.444 e. The molecular weight excluding hydrogens is 376 g/mol. The number of carbonyl (C=O) groups is 4. The molecule has 2 aromatic rings. The summed E-state index contributed by atoms with van der Waals surface area (Å²) in [6.45, 7) is 0.636. The third kappa shape index (κ3) is 4.17. The number of esters is 1. The number of fused-ring (bicyclic) bond motifs is 1. The van der Waals surface area contributed by atoms with E-state index in [0.29, 0.717) is 18.6 Å². The van der Waals surface area contributed by atoms with Gasteiger partial charge in [0.25, 0.3) is 17.7 Å². The summed E-state index contributed by atoms with van der Waals surface area (Å²) in [5.74, 6) is -2.54. The van der Waals surface area contributed by atoms with Crippen molar-refractivity contribution in [2.45, 2.75) is 12.5 Å². The van der Waals surface area contributed by atoms with E-state index in [-0.39, 0.29) is 23.2 Å². The van der Waals surface area contributed by atoms with Crippen molar-refractivity contribution in [1.29, 1.82) is 0 Å². The van der Waals surface area contributed by atoms with Crippen LogP contribution < -0.4 is 5.73 Å². The van der Waals surface area contributed by atoms with Crippen molar-refractivity contribution in [3.8, 4) is 0 Å². The molecular formula is C21H20N2O6. The topological polar surface area (TPSA) is 116 Å². The molecule has 8 nitrogen and oxygen atoms in total. The quantitative estimate of drug-likeness (QED) is 0.412. The van der Waals surface area contributed by atoms with Crippen LogP contribution in [-0.4, -0.2) is 48.9 Å². The zero-order chi connectivity index (χ0) is 21.0. The molecule has 3 rings (SSSR count). The molecule has 150 valence electrons. The van der Waals surface area contributed by atoms with Gasteiger partial charge in [-0.3, -0.25) is 19.3 Å². The molecule has 2 aromatic carbocycles. The summed E-state index contributed by atoms with van der Waals surface area (Å²) in [5, 5.41) is 0. The maximum Gasteiger partial charge on any atom is 0.339 e. The summed E-state index contributed by atoms with van der Waals surface area (Å²) in [7, 11) is 1.54. The lowest BCUT2D eigenvalue weighted by molar-refractivity contribution is -0.127. The highest BCUT2D eigenvalue weighted by Crippen LogP contribution is 2.26. The lowest BCUT2D eigenvalue weighted by atomic mass is 10.1. The van der Waals surface area contributed by atoms with Gasteiger partial charge in [0, 0.05) is 25.8 Å². The Kier molecular flexibility index (Phi) is 6.04. The summed E-state index contributed by atoms with van der Waals surface area (Å²) < 4.78 is 10.2. The first-order valence-electron chi connectivity index (χ1n) is 8.98. The van der Waals surface area contributed by atoms with Gasteiger partial charge in [-0.2, -0.15) is 0 Å². The molecule has 0 radical (unpaired) electrons. The Morgan fingerprint density at radius 1 is 1.03 bits per heavy atom. The highest BCUT2D eigenvalue weighted by atomic mass is 16.5. The third-order valence-corrected chi connectivity index (χ3v) is 4.52. The van der Waals surface area contributed by atoms with Crippen LogP contribution >= 0.6 is 0 Å². The van der Waals surface area contributed by atoms with Crippen molar-refractivity contribution in [2.75, 3.05) is 20.3 Å². The Balaban J connectivity index is 1.80. The van der Waals surface area contributed by atoms with Crippen LogP contribution in [0.1, 0.15) is 49.2 Å². The number of rotatable bonds is 8. The molecule has 3 amide bonds. The van der Waals surface area contributed by atoms with Gasteiger partial charge in [0.15, 0.2) is 0 Å². The van der Waals surface area contributed by atoms with Crippen molar-refractivity contribution >= 4 is 23.7 Å². The molecule has 0 aliphatic carbocycles. The van der Waals surface area contributed by atoms with E-state index >= 15 is 0 Å². The van der Waals surface area contributed by atoms with Crippen LogP contribution in [0.2, 0.25) is 0 Å². The Morgan fingerprint density at radius 2 is 1.72 bits per heavy atom. The van der Waals surface area contributed by atoms with E-state index < -0.39 is 29.8 Å². The fraction of sp³-hybridized carbons (Fsp3) is 0.238. The highest BCUT2D eigenvalue weighted by Gasteiger charge is 2.36. The van der Waals surface area contributed by atoms with Crippen molar-refractivity contribution < 1.29 is 28.7 Å². The highest BCUT2D eigenvalue weighted by molar-refractivity contribution is 6.22. The molecule has 0 saturated heterocycles. The predicted molar refractivity (Wildman–Crippen MR) is 102 cm³/mol. The predicted octanol–water partition coefficient (Wildman–Crippen LogP) is 1.70. The van der Waals surface area contributed by atoms with Crippen molar-refractivity contribution in [1.82, 2.24) is 4.90 Å². The second-order valence-electron chi connectivity index (χ2n) is 6.47. The van der Waals surface area contributed by atoms with E-state index in [2.05, 4.69) is 0 Å². The molecule has 1 atom stereocenters. The van der Waals surface area contributed by atoms with Crippen molar-refractivity contribution in [3.63, 3.8) is 0 Å². The first-order chi connectivity index (χ1) is 13.9. The fourth-order valence-corrected chi connectivity index (χ4v) is 3.08. The number of nitrogens with zero attached hydrogens (tertiary/aromatic N) is 1. The summed E-state index contributed by atoms with van der Waals surface area (Å²) in [5.41, 5.74) is 6.20. The minimum absolute atomic E-state index is 0.0471. The molecule has 0 spiro atoms. The molecule has 1 aliphatic heterocycles. The summed E-state index contributed by atoms with van der Waals surface area (Å²) in [4.78, 5) is 50.4. The molecule has 0 unspecified atom stereocenters. The average molecular weight is 396 g/mol. The van der Waals surface area contributed by atoms with Gasteiger partial charge in [-0.05, 0) is 24.6 Å². The molecule has 0 bridgehead atoms. The molecule has 1 heterocycles. The number of hydrogen-bond donors (Lipinski definition) is 1. The zero-order valence-corrected chi connectivity index (χ0v) is 15.8. The van der Waals surface area contributed by atoms with Crippen LogP contribution in [0.4, 0.5) is 0 Å². The molecule has 8 heteroatoms. The molecule has 0 saturated carbocycles. The van der Waals surface area contributed by atoms with Crippen LogP contribution in [0.5, 0.6) is 0 Å². The van der Waals surface area contributed by atoms with Crippen LogP contribution in [0.15, 0.2) is 48.5 Å². The second-order valence-corrected chi connectivity index (χ2v) is 6.47. The smallest absolute Gasteiger partial charge is 0.339 e. The van der Waals surface area contributed by atoms with Gasteiger partial charge in [0.2, 0.25) is 6.10 Å². The Labute approximate surface area is 167 Å². The van der Waals surface area contributed by atoms with Gasteiger partial charge < -0.3 is 15.2 Å². The number of nitrogens with two attached hydrogens (primary N) is 1. The SMILES string of the molecule is COCCCN1C(=O)c2ccc(C(=O)O[C@@H](C(N)=O)c3ccccc3)cc2C1=O. The zero-order valence-electron chi connectivity index (χ0n) is 15.8. The molecule has 29 heavy (non-hydrogen) atoms. The minimum Gasteiger partial charge on any atom is -0.444 e. The average Bonchev–Trinajstić information content (AvgIpc) is 2.96. The number of ether oxygens (including phenoxy) is 2. The van der Waals surface area contributed by atoms with E-state index in [1.54, 1.807) is 30.3 Å². The number of benzene rings is 2. The van der Waals surface area contributed by atoms with Crippen LogP contribution in [0.25, 0.3) is 0 Å². The molecule has 0 fully saturated rings. The first kappa shape index (κ1) is 20.2. The van der Waals surface area contributed by atoms with Crippen molar-refractivity contribution in [2.24, 2.45) is 5.73 Å². The van der Waals surface area contributed by atoms with Gasteiger partial charge in [0.1, 0.15) is 0 Å². The van der Waals surface area contributed by atoms with Crippen LogP contribution in [0.3, 0.4) is 0 Å². The summed E-state index contributed by atoms with van der Waals surface area (Å²) in [6.07, 6.45) is -0.756. The first-order valence-corrected chi connectivity index (χ1v) is 8.98. The van der Waals surface area contributed by atoms with E-state index in [9.17, 15) is 19.2 Å². The normalized spacial score (nSPS) is 13.9. The lowest BCUT2D eigenvalue weighted by Gasteiger charge is -2.15. The summed E-state index contributed by atoms with van der Waals surface area (Å²) in [6, 6.07) is 12.5. The Bertz CT molecular complexity index is 957.